The summed E-state index contributed by atoms with van der Waals surface area (Å²) < 4.78 is 0. The van der Waals surface area contributed by atoms with Gasteiger partial charge in [-0.1, -0.05) is 39.8 Å². The van der Waals surface area contributed by atoms with Gasteiger partial charge in [0.2, 0.25) is 11.8 Å². The predicted molar refractivity (Wildman–Crippen MR) is 137 cm³/mol. The van der Waals surface area contributed by atoms with Gasteiger partial charge in [0, 0.05) is 37.3 Å². The Kier molecular flexibility index (Phi) is 8.48. The van der Waals surface area contributed by atoms with E-state index in [9.17, 15) is 19.5 Å². The van der Waals surface area contributed by atoms with Gasteiger partial charge in [-0.15, -0.1) is 0 Å². The Labute approximate surface area is 202 Å². The standard InChI is InChI=1S/C27H37N3O4/c1-9-10-24(32)30(22-14-11-17(2)25(33)18(22)3)16-23(31)28-21-15-19(26(34)29(7)8)12-13-20(21)27(4,5)6/h11-15,33H,9-10,16H2,1-8H3,(H,28,31). The van der Waals surface area contributed by atoms with E-state index in [4.69, 9.17) is 0 Å². The molecule has 0 heterocycles. The molecule has 7 nitrogen and oxygen atoms in total. The maximum Gasteiger partial charge on any atom is 0.253 e. The monoisotopic (exact) mass is 467 g/mol. The maximum atomic E-state index is 13.2. The van der Waals surface area contributed by atoms with Crippen LogP contribution in [0.4, 0.5) is 11.4 Å². The fourth-order valence-corrected chi connectivity index (χ4v) is 3.80. The zero-order chi connectivity index (χ0) is 25.8. The van der Waals surface area contributed by atoms with Gasteiger partial charge in [0.05, 0.1) is 5.69 Å². The highest BCUT2D eigenvalue weighted by Gasteiger charge is 2.25. The van der Waals surface area contributed by atoms with E-state index in [0.29, 0.717) is 34.5 Å². The van der Waals surface area contributed by atoms with E-state index in [1.807, 2.05) is 33.8 Å². The Bertz CT molecular complexity index is 1080. The summed E-state index contributed by atoms with van der Waals surface area (Å²) in [5.41, 5.74) is 3.36. The van der Waals surface area contributed by atoms with E-state index in [0.717, 1.165) is 5.56 Å². The van der Waals surface area contributed by atoms with Gasteiger partial charge >= 0.3 is 0 Å². The second-order valence-electron chi connectivity index (χ2n) is 9.86. The molecule has 0 aliphatic heterocycles. The molecule has 0 fully saturated rings. The molecule has 7 heteroatoms. The first-order chi connectivity index (χ1) is 15.8. The Balaban J connectivity index is 2.44. The molecule has 0 saturated carbocycles. The van der Waals surface area contributed by atoms with E-state index < -0.39 is 0 Å². The van der Waals surface area contributed by atoms with Crippen molar-refractivity contribution in [3.8, 4) is 5.75 Å². The van der Waals surface area contributed by atoms with Crippen molar-refractivity contribution < 1.29 is 19.5 Å². The van der Waals surface area contributed by atoms with E-state index >= 15 is 0 Å². The summed E-state index contributed by atoms with van der Waals surface area (Å²) in [5, 5.41) is 13.3. The quantitative estimate of drug-likeness (QED) is 0.613. The highest BCUT2D eigenvalue weighted by Crippen LogP contribution is 2.33. The molecule has 34 heavy (non-hydrogen) atoms. The largest absolute Gasteiger partial charge is 0.507 e. The lowest BCUT2D eigenvalue weighted by Crippen LogP contribution is -2.38. The van der Waals surface area contributed by atoms with Crippen molar-refractivity contribution in [3.05, 3.63) is 52.6 Å². The number of hydrogen-bond donors (Lipinski definition) is 2. The van der Waals surface area contributed by atoms with Crippen LogP contribution >= 0.6 is 0 Å². The number of aromatic hydroxyl groups is 1. The molecule has 2 aromatic rings. The summed E-state index contributed by atoms with van der Waals surface area (Å²) >= 11 is 0. The number of nitrogens with one attached hydrogen (secondary N) is 1. The zero-order valence-corrected chi connectivity index (χ0v) is 21.6. The summed E-state index contributed by atoms with van der Waals surface area (Å²) in [5.74, 6) is -0.640. The van der Waals surface area contributed by atoms with Crippen molar-refractivity contribution in [2.24, 2.45) is 0 Å². The number of rotatable bonds is 7. The van der Waals surface area contributed by atoms with Crippen LogP contribution in [0.2, 0.25) is 0 Å². The van der Waals surface area contributed by atoms with Crippen LogP contribution in [0.15, 0.2) is 30.3 Å². The van der Waals surface area contributed by atoms with Crippen LogP contribution in [0, 0.1) is 13.8 Å². The minimum atomic E-state index is -0.385. The lowest BCUT2D eigenvalue weighted by Gasteiger charge is -2.27. The Morgan fingerprint density at radius 3 is 2.24 bits per heavy atom. The minimum absolute atomic E-state index is 0.108. The minimum Gasteiger partial charge on any atom is -0.507 e. The zero-order valence-electron chi connectivity index (χ0n) is 21.6. The second-order valence-corrected chi connectivity index (χ2v) is 9.86. The van der Waals surface area contributed by atoms with Crippen molar-refractivity contribution in [1.29, 1.82) is 0 Å². The summed E-state index contributed by atoms with van der Waals surface area (Å²) in [6.07, 6.45) is 0.915. The number of phenolic OH excluding ortho intramolecular Hbond substituents is 1. The van der Waals surface area contributed by atoms with Crippen molar-refractivity contribution >= 4 is 29.1 Å². The first-order valence-electron chi connectivity index (χ1n) is 11.5. The first kappa shape index (κ1) is 26.9. The molecular formula is C27H37N3O4. The number of benzene rings is 2. The Morgan fingerprint density at radius 1 is 1.03 bits per heavy atom. The fourth-order valence-electron chi connectivity index (χ4n) is 3.80. The van der Waals surface area contributed by atoms with Gasteiger partial charge in [-0.25, -0.2) is 0 Å². The van der Waals surface area contributed by atoms with Gasteiger partial charge in [0.15, 0.2) is 0 Å². The summed E-state index contributed by atoms with van der Waals surface area (Å²) in [6.45, 7) is 11.3. The van der Waals surface area contributed by atoms with E-state index in [1.165, 1.54) is 9.80 Å². The smallest absolute Gasteiger partial charge is 0.253 e. The molecule has 3 amide bonds. The molecule has 0 aromatic heterocycles. The number of amides is 3. The van der Waals surface area contributed by atoms with Gasteiger partial charge in [0.1, 0.15) is 12.3 Å². The molecular weight excluding hydrogens is 430 g/mol. The normalized spacial score (nSPS) is 11.2. The van der Waals surface area contributed by atoms with Crippen LogP contribution < -0.4 is 10.2 Å². The molecule has 0 saturated heterocycles. The molecule has 0 unspecified atom stereocenters. The average Bonchev–Trinajstić information content (AvgIpc) is 2.75. The number of anilines is 2. The average molecular weight is 468 g/mol. The SMILES string of the molecule is CCCC(=O)N(CC(=O)Nc1cc(C(=O)N(C)C)ccc1C(C)(C)C)c1ccc(C)c(O)c1C. The second kappa shape index (κ2) is 10.7. The lowest BCUT2D eigenvalue weighted by atomic mass is 9.85. The summed E-state index contributed by atoms with van der Waals surface area (Å²) in [7, 11) is 3.35. The van der Waals surface area contributed by atoms with E-state index in [1.54, 1.807) is 52.2 Å². The van der Waals surface area contributed by atoms with E-state index in [2.05, 4.69) is 5.32 Å². The number of carbonyl (C=O) groups is 3. The number of hydrogen-bond acceptors (Lipinski definition) is 4. The number of phenols is 1. The third kappa shape index (κ3) is 6.16. The molecule has 184 valence electrons. The van der Waals surface area contributed by atoms with Crippen molar-refractivity contribution in [3.63, 3.8) is 0 Å². The predicted octanol–water partition coefficient (Wildman–Crippen LogP) is 4.78. The highest BCUT2D eigenvalue weighted by molar-refractivity contribution is 6.04. The topological polar surface area (TPSA) is 90.0 Å². The molecule has 0 spiro atoms. The summed E-state index contributed by atoms with van der Waals surface area (Å²) in [4.78, 5) is 41.5. The van der Waals surface area contributed by atoms with E-state index in [-0.39, 0.29) is 41.9 Å². The van der Waals surface area contributed by atoms with Crippen molar-refractivity contribution in [2.75, 3.05) is 30.9 Å². The molecule has 0 aliphatic rings. The number of carbonyl (C=O) groups excluding carboxylic acids is 3. The van der Waals surface area contributed by atoms with Crippen LogP contribution in [-0.2, 0) is 15.0 Å². The van der Waals surface area contributed by atoms with Crippen LogP contribution in [0.5, 0.6) is 5.75 Å². The van der Waals surface area contributed by atoms with Crippen LogP contribution in [0.25, 0.3) is 0 Å². The highest BCUT2D eigenvalue weighted by atomic mass is 16.3. The molecule has 2 aromatic carbocycles. The van der Waals surface area contributed by atoms with Crippen LogP contribution in [0.1, 0.15) is 67.6 Å². The Morgan fingerprint density at radius 2 is 1.68 bits per heavy atom. The first-order valence-corrected chi connectivity index (χ1v) is 11.5. The van der Waals surface area contributed by atoms with Crippen LogP contribution in [0.3, 0.4) is 0 Å². The van der Waals surface area contributed by atoms with Gasteiger partial charge in [-0.3, -0.25) is 14.4 Å². The molecule has 2 N–H and O–H groups in total. The number of aryl methyl sites for hydroxylation is 1. The van der Waals surface area contributed by atoms with Crippen LogP contribution in [-0.4, -0.2) is 48.4 Å². The molecule has 0 radical (unpaired) electrons. The number of nitrogens with zero attached hydrogens (tertiary/aromatic N) is 2. The third-order valence-electron chi connectivity index (χ3n) is 5.72. The fraction of sp³-hybridized carbons (Fsp3) is 0.444. The molecule has 0 bridgehead atoms. The molecule has 0 aliphatic carbocycles. The lowest BCUT2D eigenvalue weighted by molar-refractivity contribution is -0.121. The van der Waals surface area contributed by atoms with Gasteiger partial charge in [0.25, 0.3) is 5.91 Å². The molecule has 2 rings (SSSR count). The van der Waals surface area contributed by atoms with Crippen molar-refractivity contribution in [1.82, 2.24) is 4.90 Å². The van der Waals surface area contributed by atoms with Gasteiger partial charge < -0.3 is 20.2 Å². The summed E-state index contributed by atoms with van der Waals surface area (Å²) in [6, 6.07) is 8.78. The van der Waals surface area contributed by atoms with Gasteiger partial charge in [-0.2, -0.15) is 0 Å². The van der Waals surface area contributed by atoms with Gasteiger partial charge in [-0.05, 0) is 55.0 Å². The third-order valence-corrected chi connectivity index (χ3v) is 5.72. The molecule has 0 atom stereocenters. The van der Waals surface area contributed by atoms with Crippen molar-refractivity contribution in [2.45, 2.75) is 59.8 Å². The maximum absolute atomic E-state index is 13.2. The Hall–Kier alpha value is -3.35.